The molecule has 5 heteroatoms. The Morgan fingerprint density at radius 2 is 2.38 bits per heavy atom. The molecule has 2 atom stereocenters. The van der Waals surface area contributed by atoms with E-state index in [1.807, 2.05) is 6.92 Å². The average Bonchev–Trinajstić information content (AvgIpc) is 2.65. The van der Waals surface area contributed by atoms with Crippen LogP contribution in [0.15, 0.2) is 12.7 Å². The lowest BCUT2D eigenvalue weighted by Crippen LogP contribution is -2.42. The maximum atomic E-state index is 11.7. The topological polar surface area (TPSA) is 69.6 Å². The van der Waals surface area contributed by atoms with Gasteiger partial charge in [-0.2, -0.15) is 0 Å². The Morgan fingerprint density at radius 3 is 2.94 bits per heavy atom. The number of carboxylic acid groups (broad SMARTS) is 1. The van der Waals surface area contributed by atoms with Crippen molar-refractivity contribution in [1.29, 1.82) is 0 Å². The van der Waals surface area contributed by atoms with Gasteiger partial charge in [-0.1, -0.05) is 6.08 Å². The third kappa shape index (κ3) is 3.56. The van der Waals surface area contributed by atoms with Crippen molar-refractivity contribution in [3.05, 3.63) is 12.7 Å². The minimum absolute atomic E-state index is 0.0639. The minimum Gasteiger partial charge on any atom is -0.481 e. The minimum atomic E-state index is -0.799. The fraction of sp³-hybridized carbons (Fsp3) is 0.636. The van der Waals surface area contributed by atoms with Crippen LogP contribution in [0, 0.1) is 5.92 Å². The number of nitrogens with zero attached hydrogens (tertiary/aromatic N) is 1. The van der Waals surface area contributed by atoms with E-state index in [0.717, 1.165) is 6.42 Å². The van der Waals surface area contributed by atoms with Gasteiger partial charge < -0.3 is 15.3 Å². The number of hydrogen-bond donors (Lipinski definition) is 2. The fourth-order valence-electron chi connectivity index (χ4n) is 1.78. The standard InChI is InChI=1S/C11H18N2O3/c1-3-8(2)12-11(16)13-5-4-9(7-13)6-10(14)15/h3,8-9H,1,4-7H2,2H3,(H,12,16)(H,14,15). The summed E-state index contributed by atoms with van der Waals surface area (Å²) in [7, 11) is 0. The Kier molecular flexibility index (Phi) is 4.34. The maximum Gasteiger partial charge on any atom is 0.317 e. The van der Waals surface area contributed by atoms with Gasteiger partial charge in [0.15, 0.2) is 0 Å². The first-order valence-corrected chi connectivity index (χ1v) is 5.42. The van der Waals surface area contributed by atoms with Crippen molar-refractivity contribution in [1.82, 2.24) is 10.2 Å². The Bertz CT molecular complexity index is 291. The van der Waals surface area contributed by atoms with Crippen LogP contribution in [0.3, 0.4) is 0 Å². The van der Waals surface area contributed by atoms with E-state index in [1.54, 1.807) is 11.0 Å². The molecule has 0 aromatic rings. The summed E-state index contributed by atoms with van der Waals surface area (Å²) in [6.07, 6.45) is 2.56. The van der Waals surface area contributed by atoms with E-state index in [4.69, 9.17) is 5.11 Å². The predicted octanol–water partition coefficient (Wildman–Crippen LogP) is 1.07. The van der Waals surface area contributed by atoms with Gasteiger partial charge in [-0.05, 0) is 19.3 Å². The second-order valence-corrected chi connectivity index (χ2v) is 4.17. The first-order chi connectivity index (χ1) is 7.52. The van der Waals surface area contributed by atoms with Crippen LogP contribution in [0.2, 0.25) is 0 Å². The number of likely N-dealkylation sites (tertiary alicyclic amines) is 1. The van der Waals surface area contributed by atoms with Crippen molar-refractivity contribution in [2.45, 2.75) is 25.8 Å². The Morgan fingerprint density at radius 1 is 1.69 bits per heavy atom. The summed E-state index contributed by atoms with van der Waals surface area (Å²) in [5, 5.41) is 11.4. The maximum absolute atomic E-state index is 11.7. The summed E-state index contributed by atoms with van der Waals surface area (Å²) in [5.41, 5.74) is 0. The van der Waals surface area contributed by atoms with Gasteiger partial charge in [0, 0.05) is 25.6 Å². The molecule has 0 aromatic heterocycles. The molecule has 2 unspecified atom stereocenters. The van der Waals surface area contributed by atoms with Crippen LogP contribution >= 0.6 is 0 Å². The van der Waals surface area contributed by atoms with E-state index < -0.39 is 5.97 Å². The second-order valence-electron chi connectivity index (χ2n) is 4.17. The van der Waals surface area contributed by atoms with Crippen LogP contribution in [-0.2, 0) is 4.79 Å². The van der Waals surface area contributed by atoms with E-state index >= 15 is 0 Å². The Hall–Kier alpha value is -1.52. The van der Waals surface area contributed by atoms with E-state index in [9.17, 15) is 9.59 Å². The fourth-order valence-corrected chi connectivity index (χ4v) is 1.78. The summed E-state index contributed by atoms with van der Waals surface area (Å²) < 4.78 is 0. The molecule has 0 radical (unpaired) electrons. The molecule has 0 bridgehead atoms. The molecule has 90 valence electrons. The molecule has 0 aliphatic carbocycles. The number of carboxylic acids is 1. The average molecular weight is 226 g/mol. The largest absolute Gasteiger partial charge is 0.481 e. The zero-order chi connectivity index (χ0) is 12.1. The zero-order valence-electron chi connectivity index (χ0n) is 9.48. The highest BCUT2D eigenvalue weighted by Crippen LogP contribution is 2.19. The molecule has 1 saturated heterocycles. The molecule has 2 amide bonds. The lowest BCUT2D eigenvalue weighted by atomic mass is 10.1. The molecule has 1 heterocycles. The van der Waals surface area contributed by atoms with Gasteiger partial charge in [0.2, 0.25) is 0 Å². The van der Waals surface area contributed by atoms with Crippen molar-refractivity contribution in [2.75, 3.05) is 13.1 Å². The van der Waals surface area contributed by atoms with Crippen molar-refractivity contribution < 1.29 is 14.7 Å². The third-order valence-corrected chi connectivity index (χ3v) is 2.74. The van der Waals surface area contributed by atoms with Gasteiger partial charge in [-0.25, -0.2) is 4.79 Å². The quantitative estimate of drug-likeness (QED) is 0.704. The monoisotopic (exact) mass is 226 g/mol. The predicted molar refractivity (Wildman–Crippen MR) is 60.1 cm³/mol. The van der Waals surface area contributed by atoms with Gasteiger partial charge in [0.05, 0.1) is 0 Å². The molecule has 16 heavy (non-hydrogen) atoms. The molecular weight excluding hydrogens is 208 g/mol. The molecule has 0 aromatic carbocycles. The lowest BCUT2D eigenvalue weighted by Gasteiger charge is -2.19. The molecule has 1 fully saturated rings. The van der Waals surface area contributed by atoms with Crippen LogP contribution < -0.4 is 5.32 Å². The highest BCUT2D eigenvalue weighted by Gasteiger charge is 2.27. The van der Waals surface area contributed by atoms with E-state index in [2.05, 4.69) is 11.9 Å². The highest BCUT2D eigenvalue weighted by molar-refractivity contribution is 5.75. The molecule has 5 nitrogen and oxygen atoms in total. The van der Waals surface area contributed by atoms with Crippen LogP contribution in [0.1, 0.15) is 19.8 Å². The van der Waals surface area contributed by atoms with Crippen molar-refractivity contribution in [2.24, 2.45) is 5.92 Å². The number of urea groups is 1. The summed E-state index contributed by atoms with van der Waals surface area (Å²) in [5.74, 6) is -0.714. The summed E-state index contributed by atoms with van der Waals surface area (Å²) >= 11 is 0. The van der Waals surface area contributed by atoms with Crippen molar-refractivity contribution in [3.63, 3.8) is 0 Å². The number of rotatable bonds is 4. The van der Waals surface area contributed by atoms with E-state index in [1.165, 1.54) is 0 Å². The van der Waals surface area contributed by atoms with Crippen molar-refractivity contribution in [3.8, 4) is 0 Å². The molecular formula is C11H18N2O3. The summed E-state index contributed by atoms with van der Waals surface area (Å²) in [4.78, 5) is 23.8. The van der Waals surface area contributed by atoms with E-state index in [-0.39, 0.29) is 24.4 Å². The van der Waals surface area contributed by atoms with Gasteiger partial charge in [-0.3, -0.25) is 4.79 Å². The van der Waals surface area contributed by atoms with E-state index in [0.29, 0.717) is 13.1 Å². The van der Waals surface area contributed by atoms with Gasteiger partial charge in [-0.15, -0.1) is 6.58 Å². The normalized spacial score (nSPS) is 21.6. The smallest absolute Gasteiger partial charge is 0.317 e. The van der Waals surface area contributed by atoms with Gasteiger partial charge >= 0.3 is 12.0 Å². The summed E-state index contributed by atoms with van der Waals surface area (Å²) in [6, 6.07) is -0.202. The lowest BCUT2D eigenvalue weighted by molar-refractivity contribution is -0.138. The Labute approximate surface area is 95.1 Å². The van der Waals surface area contributed by atoms with Crippen LogP contribution in [0.5, 0.6) is 0 Å². The molecule has 0 spiro atoms. The highest BCUT2D eigenvalue weighted by atomic mass is 16.4. The molecule has 2 N–H and O–H groups in total. The molecule has 1 rings (SSSR count). The number of aliphatic carboxylic acids is 1. The van der Waals surface area contributed by atoms with Crippen molar-refractivity contribution >= 4 is 12.0 Å². The van der Waals surface area contributed by atoms with Crippen LogP contribution in [0.25, 0.3) is 0 Å². The number of nitrogens with one attached hydrogen (secondary N) is 1. The molecule has 1 aliphatic heterocycles. The first-order valence-electron chi connectivity index (χ1n) is 5.42. The molecule has 0 saturated carbocycles. The van der Waals surface area contributed by atoms with Crippen LogP contribution in [0.4, 0.5) is 4.79 Å². The number of amides is 2. The number of hydrogen-bond acceptors (Lipinski definition) is 2. The second kappa shape index (κ2) is 5.53. The Balaban J connectivity index is 2.37. The number of carbonyl (C=O) groups is 2. The zero-order valence-corrected chi connectivity index (χ0v) is 9.48. The summed E-state index contributed by atoms with van der Waals surface area (Å²) in [6.45, 7) is 6.59. The molecule has 1 aliphatic rings. The van der Waals surface area contributed by atoms with Gasteiger partial charge in [0.25, 0.3) is 0 Å². The first kappa shape index (κ1) is 12.5. The third-order valence-electron chi connectivity index (χ3n) is 2.74. The SMILES string of the molecule is C=CC(C)NC(=O)N1CCC(CC(=O)O)C1. The van der Waals surface area contributed by atoms with Crippen LogP contribution in [-0.4, -0.2) is 41.1 Å². The number of carbonyl (C=O) groups excluding carboxylic acids is 1. The van der Waals surface area contributed by atoms with Gasteiger partial charge in [0.1, 0.15) is 0 Å².